The Kier molecular flexibility index (Phi) is 5.95. The minimum atomic E-state index is -0.457. The average molecular weight is 328 g/mol. The summed E-state index contributed by atoms with van der Waals surface area (Å²) in [6, 6.07) is 12.5. The van der Waals surface area contributed by atoms with Gasteiger partial charge in [0.25, 0.3) is 0 Å². The first kappa shape index (κ1) is 17.5. The summed E-state index contributed by atoms with van der Waals surface area (Å²) in [5.74, 6) is -0.512. The molecule has 5 heteroatoms. The van der Waals surface area contributed by atoms with E-state index in [0.29, 0.717) is 12.1 Å². The maximum Gasteiger partial charge on any atom is 0.244 e. The number of ether oxygens (including phenoxy) is 1. The summed E-state index contributed by atoms with van der Waals surface area (Å²) in [5, 5.41) is 2.80. The third-order valence-electron chi connectivity index (χ3n) is 3.52. The second-order valence-electron chi connectivity index (χ2n) is 5.51. The first-order chi connectivity index (χ1) is 11.5. The molecule has 0 unspecified atom stereocenters. The molecule has 1 amide bonds. The van der Waals surface area contributed by atoms with E-state index in [2.05, 4.69) is 5.32 Å². The Morgan fingerprint density at radius 1 is 1.21 bits per heavy atom. The maximum atomic E-state index is 13.6. The molecule has 2 aromatic carbocycles. The summed E-state index contributed by atoms with van der Waals surface area (Å²) in [5.41, 5.74) is 2.71. The fourth-order valence-corrected chi connectivity index (χ4v) is 2.12. The summed E-state index contributed by atoms with van der Waals surface area (Å²) >= 11 is 0. The summed E-state index contributed by atoms with van der Waals surface area (Å²) in [4.78, 5) is 13.9. The zero-order chi connectivity index (χ0) is 17.5. The summed E-state index contributed by atoms with van der Waals surface area (Å²) < 4.78 is 18.4. The molecule has 0 spiro atoms. The van der Waals surface area contributed by atoms with E-state index in [1.54, 1.807) is 12.1 Å². The Labute approximate surface area is 141 Å². The van der Waals surface area contributed by atoms with Gasteiger partial charge in [-0.15, -0.1) is 0 Å². The summed E-state index contributed by atoms with van der Waals surface area (Å²) in [6.07, 6.45) is 2.95. The van der Waals surface area contributed by atoms with E-state index in [-0.39, 0.29) is 11.7 Å². The van der Waals surface area contributed by atoms with Crippen molar-refractivity contribution >= 4 is 17.7 Å². The fourth-order valence-electron chi connectivity index (χ4n) is 2.12. The predicted octanol–water partition coefficient (Wildman–Crippen LogP) is 3.23. The molecule has 0 fully saturated rings. The van der Waals surface area contributed by atoms with Gasteiger partial charge in [0, 0.05) is 32.4 Å². The molecular weight excluding hydrogens is 307 g/mol. The molecule has 4 nitrogen and oxygen atoms in total. The third kappa shape index (κ3) is 4.84. The molecule has 24 heavy (non-hydrogen) atoms. The first-order valence-electron chi connectivity index (χ1n) is 7.55. The van der Waals surface area contributed by atoms with Crippen LogP contribution in [0.5, 0.6) is 5.75 Å². The second-order valence-corrected chi connectivity index (χ2v) is 5.51. The molecule has 2 aromatic rings. The predicted molar refractivity (Wildman–Crippen MR) is 94.6 cm³/mol. The van der Waals surface area contributed by atoms with Crippen molar-refractivity contribution in [3.05, 3.63) is 65.5 Å². The fraction of sp³-hybridized carbons (Fsp3) is 0.211. The van der Waals surface area contributed by atoms with E-state index in [4.69, 9.17) is 4.74 Å². The lowest BCUT2D eigenvalue weighted by atomic mass is 10.2. The standard InChI is InChI=1S/C19H21FN2O2/c1-22(2)16-8-4-15(5-9-16)13-21-19(23)11-7-14-6-10-18(24-3)17(20)12-14/h4-12H,13H2,1-3H3,(H,21,23)/b11-7+. The Hall–Kier alpha value is -2.82. The highest BCUT2D eigenvalue weighted by Crippen LogP contribution is 2.18. The van der Waals surface area contributed by atoms with Gasteiger partial charge >= 0.3 is 0 Å². The second kappa shape index (κ2) is 8.15. The minimum Gasteiger partial charge on any atom is -0.494 e. The van der Waals surface area contributed by atoms with Gasteiger partial charge in [0.15, 0.2) is 11.6 Å². The van der Waals surface area contributed by atoms with E-state index in [1.165, 1.54) is 25.3 Å². The monoisotopic (exact) mass is 328 g/mol. The molecule has 1 N–H and O–H groups in total. The van der Waals surface area contributed by atoms with Crippen molar-refractivity contribution in [2.75, 3.05) is 26.1 Å². The molecule has 126 valence electrons. The van der Waals surface area contributed by atoms with Crippen LogP contribution < -0.4 is 15.0 Å². The van der Waals surface area contributed by atoms with Crippen molar-refractivity contribution in [2.24, 2.45) is 0 Å². The summed E-state index contributed by atoms with van der Waals surface area (Å²) in [7, 11) is 5.36. The van der Waals surface area contributed by atoms with Crippen LogP contribution in [0.2, 0.25) is 0 Å². The van der Waals surface area contributed by atoms with Gasteiger partial charge in [-0.1, -0.05) is 18.2 Å². The minimum absolute atomic E-state index is 0.178. The molecule has 0 aliphatic carbocycles. The van der Waals surface area contributed by atoms with Crippen molar-refractivity contribution in [1.29, 1.82) is 0 Å². The number of carbonyl (C=O) groups excluding carboxylic acids is 1. The Balaban J connectivity index is 1.89. The lowest BCUT2D eigenvalue weighted by Gasteiger charge is -2.12. The van der Waals surface area contributed by atoms with Gasteiger partial charge in [0.1, 0.15) is 0 Å². The zero-order valence-electron chi connectivity index (χ0n) is 14.0. The zero-order valence-corrected chi connectivity index (χ0v) is 14.0. The van der Waals surface area contributed by atoms with Gasteiger partial charge in [-0.3, -0.25) is 4.79 Å². The van der Waals surface area contributed by atoms with E-state index in [0.717, 1.165) is 11.3 Å². The van der Waals surface area contributed by atoms with Gasteiger partial charge in [-0.05, 0) is 41.5 Å². The highest BCUT2D eigenvalue weighted by Gasteiger charge is 2.02. The largest absolute Gasteiger partial charge is 0.494 e. The van der Waals surface area contributed by atoms with Crippen molar-refractivity contribution in [1.82, 2.24) is 5.32 Å². The molecule has 0 bridgehead atoms. The molecule has 0 aliphatic heterocycles. The number of nitrogens with zero attached hydrogens (tertiary/aromatic N) is 1. The number of rotatable bonds is 6. The van der Waals surface area contributed by atoms with E-state index in [1.807, 2.05) is 43.3 Å². The van der Waals surface area contributed by atoms with Gasteiger partial charge < -0.3 is 15.0 Å². The molecule has 2 rings (SSSR count). The van der Waals surface area contributed by atoms with Gasteiger partial charge in [-0.25, -0.2) is 4.39 Å². The van der Waals surface area contributed by atoms with Gasteiger partial charge in [-0.2, -0.15) is 0 Å². The molecule has 0 aliphatic rings. The van der Waals surface area contributed by atoms with Crippen molar-refractivity contribution < 1.29 is 13.9 Å². The van der Waals surface area contributed by atoms with Crippen LogP contribution in [0.3, 0.4) is 0 Å². The molecular formula is C19H21FN2O2. The van der Waals surface area contributed by atoms with E-state index < -0.39 is 5.82 Å². The lowest BCUT2D eigenvalue weighted by molar-refractivity contribution is -0.116. The molecule has 0 saturated heterocycles. The van der Waals surface area contributed by atoms with Gasteiger partial charge in [0.2, 0.25) is 5.91 Å². The molecule has 0 saturated carbocycles. The average Bonchev–Trinajstić information content (AvgIpc) is 2.58. The highest BCUT2D eigenvalue weighted by atomic mass is 19.1. The number of benzene rings is 2. The first-order valence-corrected chi connectivity index (χ1v) is 7.55. The van der Waals surface area contributed by atoms with Crippen LogP contribution in [-0.2, 0) is 11.3 Å². The summed E-state index contributed by atoms with van der Waals surface area (Å²) in [6.45, 7) is 0.438. The normalized spacial score (nSPS) is 10.7. The van der Waals surface area contributed by atoms with Crippen molar-refractivity contribution in [2.45, 2.75) is 6.54 Å². The number of amides is 1. The SMILES string of the molecule is COc1ccc(/C=C/C(=O)NCc2ccc(N(C)C)cc2)cc1F. The number of carbonyl (C=O) groups is 1. The Morgan fingerprint density at radius 3 is 2.50 bits per heavy atom. The number of halogens is 1. The van der Waals surface area contributed by atoms with Crippen LogP contribution in [-0.4, -0.2) is 27.1 Å². The van der Waals surface area contributed by atoms with Crippen LogP contribution in [0.4, 0.5) is 10.1 Å². The molecule has 0 atom stereocenters. The van der Waals surface area contributed by atoms with Crippen LogP contribution in [0.15, 0.2) is 48.5 Å². The number of hydrogen-bond acceptors (Lipinski definition) is 3. The number of methoxy groups -OCH3 is 1. The van der Waals surface area contributed by atoms with Crippen LogP contribution in [0, 0.1) is 5.82 Å². The van der Waals surface area contributed by atoms with Crippen molar-refractivity contribution in [3.63, 3.8) is 0 Å². The van der Waals surface area contributed by atoms with Crippen LogP contribution in [0.25, 0.3) is 6.08 Å². The van der Waals surface area contributed by atoms with Crippen LogP contribution >= 0.6 is 0 Å². The molecule has 0 aromatic heterocycles. The van der Waals surface area contributed by atoms with Crippen LogP contribution in [0.1, 0.15) is 11.1 Å². The molecule has 0 heterocycles. The maximum absolute atomic E-state index is 13.6. The highest BCUT2D eigenvalue weighted by molar-refractivity contribution is 5.91. The number of hydrogen-bond donors (Lipinski definition) is 1. The van der Waals surface area contributed by atoms with E-state index >= 15 is 0 Å². The van der Waals surface area contributed by atoms with Gasteiger partial charge in [0.05, 0.1) is 7.11 Å². The van der Waals surface area contributed by atoms with E-state index in [9.17, 15) is 9.18 Å². The molecule has 0 radical (unpaired) electrons. The number of anilines is 1. The Morgan fingerprint density at radius 2 is 1.92 bits per heavy atom. The third-order valence-corrected chi connectivity index (χ3v) is 3.52. The smallest absolute Gasteiger partial charge is 0.244 e. The number of nitrogens with one attached hydrogen (secondary N) is 1. The van der Waals surface area contributed by atoms with Crippen molar-refractivity contribution in [3.8, 4) is 5.75 Å². The quantitative estimate of drug-likeness (QED) is 0.828. The lowest BCUT2D eigenvalue weighted by Crippen LogP contribution is -2.20. The Bertz CT molecular complexity index is 725. The topological polar surface area (TPSA) is 41.6 Å².